The maximum atomic E-state index is 10.4. The lowest BCUT2D eigenvalue weighted by atomic mass is 10.0. The van der Waals surface area contributed by atoms with Crippen LogP contribution in [0.25, 0.3) is 0 Å². The Hall–Kier alpha value is -1.51. The van der Waals surface area contributed by atoms with Crippen LogP contribution in [0.1, 0.15) is 30.4 Å². The van der Waals surface area contributed by atoms with Gasteiger partial charge in [0, 0.05) is 25.7 Å². The molecule has 1 aromatic carbocycles. The van der Waals surface area contributed by atoms with E-state index in [1.807, 2.05) is 0 Å². The number of hydrogen-bond donors (Lipinski definition) is 1. The first kappa shape index (κ1) is 12.0. The van der Waals surface area contributed by atoms with Crippen LogP contribution in [-0.4, -0.2) is 24.7 Å². The summed E-state index contributed by atoms with van der Waals surface area (Å²) in [6, 6.07) is 6.63. The van der Waals surface area contributed by atoms with Gasteiger partial charge in [-0.3, -0.25) is 4.79 Å². The summed E-state index contributed by atoms with van der Waals surface area (Å²) in [4.78, 5) is 12.7. The molecule has 2 rings (SSSR count). The van der Waals surface area contributed by atoms with Crippen molar-refractivity contribution in [1.82, 2.24) is 0 Å². The third kappa shape index (κ3) is 2.99. The molecule has 1 N–H and O–H groups in total. The van der Waals surface area contributed by atoms with E-state index in [1.165, 1.54) is 16.8 Å². The number of carboxylic acid groups (broad SMARTS) is 1. The molecule has 3 nitrogen and oxygen atoms in total. The first-order chi connectivity index (χ1) is 8.16. The number of fused-ring (bicyclic) bond motifs is 1. The number of aryl methyl sites for hydroxylation is 1. The molecule has 1 heterocycles. The third-order valence-corrected chi connectivity index (χ3v) is 3.38. The van der Waals surface area contributed by atoms with Gasteiger partial charge in [-0.25, -0.2) is 0 Å². The number of benzene rings is 1. The van der Waals surface area contributed by atoms with Crippen LogP contribution in [0.15, 0.2) is 18.2 Å². The van der Waals surface area contributed by atoms with Crippen LogP contribution in [-0.2, 0) is 17.6 Å². The monoisotopic (exact) mass is 233 g/mol. The summed E-state index contributed by atoms with van der Waals surface area (Å²) < 4.78 is 0. The zero-order valence-corrected chi connectivity index (χ0v) is 10.3. The lowest BCUT2D eigenvalue weighted by Gasteiger charge is -2.12. The first-order valence-corrected chi connectivity index (χ1v) is 6.21. The number of hydrogen-bond acceptors (Lipinski definition) is 2. The van der Waals surface area contributed by atoms with Gasteiger partial charge >= 0.3 is 5.97 Å². The minimum Gasteiger partial charge on any atom is -0.481 e. The van der Waals surface area contributed by atoms with Gasteiger partial charge in [0.2, 0.25) is 0 Å². The van der Waals surface area contributed by atoms with Gasteiger partial charge in [0.15, 0.2) is 0 Å². The summed E-state index contributed by atoms with van der Waals surface area (Å²) >= 11 is 0. The van der Waals surface area contributed by atoms with E-state index in [1.54, 1.807) is 0 Å². The van der Waals surface area contributed by atoms with E-state index in [0.717, 1.165) is 32.2 Å². The van der Waals surface area contributed by atoms with Gasteiger partial charge in [0.1, 0.15) is 0 Å². The third-order valence-electron chi connectivity index (χ3n) is 3.38. The standard InChI is InChI=1S/C14H19NO2/c1-15-9-8-12-10-11(6-7-13(12)15)4-2-3-5-14(16)17/h6-7,10H,2-5,8-9H2,1H3,(H,16,17). The molecular formula is C14H19NO2. The van der Waals surface area contributed by atoms with Crippen molar-refractivity contribution in [2.24, 2.45) is 0 Å². The van der Waals surface area contributed by atoms with Crippen molar-refractivity contribution >= 4 is 11.7 Å². The fraction of sp³-hybridized carbons (Fsp3) is 0.500. The average Bonchev–Trinajstić information content (AvgIpc) is 2.66. The van der Waals surface area contributed by atoms with Crippen molar-refractivity contribution < 1.29 is 9.90 Å². The van der Waals surface area contributed by atoms with Gasteiger partial charge in [-0.2, -0.15) is 0 Å². The van der Waals surface area contributed by atoms with E-state index >= 15 is 0 Å². The maximum absolute atomic E-state index is 10.4. The van der Waals surface area contributed by atoms with Crippen molar-refractivity contribution in [3.63, 3.8) is 0 Å². The topological polar surface area (TPSA) is 40.5 Å². The highest BCUT2D eigenvalue weighted by atomic mass is 16.4. The fourth-order valence-electron chi connectivity index (χ4n) is 2.38. The second-order valence-electron chi connectivity index (χ2n) is 4.74. The van der Waals surface area contributed by atoms with E-state index in [-0.39, 0.29) is 6.42 Å². The minimum atomic E-state index is -0.694. The summed E-state index contributed by atoms with van der Waals surface area (Å²) in [5.74, 6) is -0.694. The Morgan fingerprint density at radius 2 is 2.24 bits per heavy atom. The van der Waals surface area contributed by atoms with Crippen LogP contribution < -0.4 is 4.90 Å². The van der Waals surface area contributed by atoms with Crippen LogP contribution in [0.2, 0.25) is 0 Å². The summed E-state index contributed by atoms with van der Waals surface area (Å²) in [6.45, 7) is 1.11. The molecule has 0 bridgehead atoms. The van der Waals surface area contributed by atoms with E-state index in [9.17, 15) is 4.79 Å². The number of unbranched alkanes of at least 4 members (excludes halogenated alkanes) is 1. The molecule has 0 atom stereocenters. The molecule has 17 heavy (non-hydrogen) atoms. The molecule has 0 amide bonds. The molecule has 0 saturated heterocycles. The number of rotatable bonds is 5. The van der Waals surface area contributed by atoms with Gasteiger partial charge in [0.05, 0.1) is 0 Å². The van der Waals surface area contributed by atoms with Gasteiger partial charge in [-0.1, -0.05) is 12.1 Å². The fourth-order valence-corrected chi connectivity index (χ4v) is 2.38. The van der Waals surface area contributed by atoms with Crippen molar-refractivity contribution in [3.05, 3.63) is 29.3 Å². The van der Waals surface area contributed by atoms with Crippen LogP contribution in [0.4, 0.5) is 5.69 Å². The van der Waals surface area contributed by atoms with E-state index in [4.69, 9.17) is 5.11 Å². The summed E-state index contributed by atoms with van der Waals surface area (Å²) in [7, 11) is 2.12. The summed E-state index contributed by atoms with van der Waals surface area (Å²) in [5.41, 5.74) is 4.12. The highest BCUT2D eigenvalue weighted by Gasteiger charge is 2.15. The second kappa shape index (κ2) is 5.21. The SMILES string of the molecule is CN1CCc2cc(CCCCC(=O)O)ccc21. The molecule has 0 aromatic heterocycles. The second-order valence-corrected chi connectivity index (χ2v) is 4.74. The number of carboxylic acids is 1. The summed E-state index contributed by atoms with van der Waals surface area (Å²) in [5, 5.41) is 8.56. The number of carbonyl (C=O) groups is 1. The Morgan fingerprint density at radius 1 is 1.41 bits per heavy atom. The van der Waals surface area contributed by atoms with Crippen LogP contribution in [0.3, 0.4) is 0 Å². The zero-order valence-electron chi connectivity index (χ0n) is 10.3. The molecule has 0 unspecified atom stereocenters. The molecule has 0 radical (unpaired) electrons. The van der Waals surface area contributed by atoms with Gasteiger partial charge in [0.25, 0.3) is 0 Å². The maximum Gasteiger partial charge on any atom is 0.303 e. The lowest BCUT2D eigenvalue weighted by Crippen LogP contribution is -2.12. The van der Waals surface area contributed by atoms with Gasteiger partial charge in [-0.05, 0) is 42.9 Å². The highest BCUT2D eigenvalue weighted by molar-refractivity contribution is 5.66. The predicted octanol–water partition coefficient (Wildman–Crippen LogP) is 2.48. The molecule has 0 spiro atoms. The number of aliphatic carboxylic acids is 1. The predicted molar refractivity (Wildman–Crippen MR) is 68.6 cm³/mol. The van der Waals surface area contributed by atoms with Gasteiger partial charge in [-0.15, -0.1) is 0 Å². The quantitative estimate of drug-likeness (QED) is 0.794. The average molecular weight is 233 g/mol. The molecule has 1 aromatic rings. The molecular weight excluding hydrogens is 214 g/mol. The Morgan fingerprint density at radius 3 is 3.00 bits per heavy atom. The van der Waals surface area contributed by atoms with Crippen molar-refractivity contribution in [2.75, 3.05) is 18.5 Å². The molecule has 1 aliphatic rings. The summed E-state index contributed by atoms with van der Waals surface area (Å²) in [6.07, 6.45) is 4.14. The van der Waals surface area contributed by atoms with Crippen molar-refractivity contribution in [1.29, 1.82) is 0 Å². The van der Waals surface area contributed by atoms with Crippen LogP contribution in [0, 0.1) is 0 Å². The van der Waals surface area contributed by atoms with Crippen LogP contribution in [0.5, 0.6) is 0 Å². The molecule has 92 valence electrons. The normalized spacial score (nSPS) is 13.8. The molecule has 1 aliphatic heterocycles. The number of likely N-dealkylation sites (N-methyl/N-ethyl adjacent to an activating group) is 1. The Kier molecular flexibility index (Phi) is 3.67. The van der Waals surface area contributed by atoms with Crippen LogP contribution >= 0.6 is 0 Å². The first-order valence-electron chi connectivity index (χ1n) is 6.21. The Balaban J connectivity index is 1.88. The van der Waals surface area contributed by atoms with E-state index in [2.05, 4.69) is 30.1 Å². The number of nitrogens with zero attached hydrogens (tertiary/aromatic N) is 1. The molecule has 0 aliphatic carbocycles. The lowest BCUT2D eigenvalue weighted by molar-refractivity contribution is -0.137. The number of anilines is 1. The largest absolute Gasteiger partial charge is 0.481 e. The smallest absolute Gasteiger partial charge is 0.303 e. The molecule has 0 saturated carbocycles. The van der Waals surface area contributed by atoms with Crippen molar-refractivity contribution in [3.8, 4) is 0 Å². The Bertz CT molecular complexity index is 415. The highest BCUT2D eigenvalue weighted by Crippen LogP contribution is 2.27. The minimum absolute atomic E-state index is 0.285. The Labute approximate surface area is 102 Å². The van der Waals surface area contributed by atoms with E-state index < -0.39 is 5.97 Å². The van der Waals surface area contributed by atoms with E-state index in [0.29, 0.717) is 0 Å². The van der Waals surface area contributed by atoms with Crippen molar-refractivity contribution in [2.45, 2.75) is 32.1 Å². The zero-order chi connectivity index (χ0) is 12.3. The van der Waals surface area contributed by atoms with Gasteiger partial charge < -0.3 is 10.0 Å². The molecule has 3 heteroatoms. The molecule has 0 fully saturated rings.